The van der Waals surface area contributed by atoms with Crippen LogP contribution in [0, 0.1) is 5.82 Å². The summed E-state index contributed by atoms with van der Waals surface area (Å²) in [6, 6.07) is 1.35. The Morgan fingerprint density at radius 2 is 1.94 bits per heavy atom. The summed E-state index contributed by atoms with van der Waals surface area (Å²) in [5.74, 6) is -1.12. The maximum atomic E-state index is 15.4. The number of morpholine rings is 1. The molecule has 184 valence electrons. The van der Waals surface area contributed by atoms with E-state index in [9.17, 15) is 14.7 Å². The van der Waals surface area contributed by atoms with E-state index in [0.717, 1.165) is 25.1 Å². The molecule has 1 unspecified atom stereocenters. The summed E-state index contributed by atoms with van der Waals surface area (Å²) < 4.78 is 28.1. The molecule has 0 spiro atoms. The Hall–Kier alpha value is -2.49. The first kappa shape index (κ1) is 23.3. The molecule has 3 aliphatic rings. The number of halogens is 1. The number of aryl methyl sites for hydroxylation is 1. The number of hydrogen-bond donors (Lipinski definition) is 1. The van der Waals surface area contributed by atoms with Crippen LogP contribution in [-0.2, 0) is 15.9 Å². The molecular formula is C25H32FN3O5. The van der Waals surface area contributed by atoms with Crippen molar-refractivity contribution < 1.29 is 23.8 Å². The summed E-state index contributed by atoms with van der Waals surface area (Å²) in [5, 5.41) is 10.1. The number of piperidine rings is 1. The lowest BCUT2D eigenvalue weighted by atomic mass is 9.93. The van der Waals surface area contributed by atoms with E-state index in [4.69, 9.17) is 9.47 Å². The lowest BCUT2D eigenvalue weighted by molar-refractivity contribution is 0.0194. The van der Waals surface area contributed by atoms with Crippen LogP contribution in [-0.4, -0.2) is 79.2 Å². The molecule has 9 heteroatoms. The molecule has 1 N–H and O–H groups in total. The average Bonchev–Trinajstić information content (AvgIpc) is 2.84. The third-order valence-corrected chi connectivity index (χ3v) is 7.37. The number of benzene rings is 1. The molecule has 0 aliphatic carbocycles. The van der Waals surface area contributed by atoms with E-state index < -0.39 is 17.2 Å². The summed E-state index contributed by atoms with van der Waals surface area (Å²) in [6.45, 7) is 6.86. The Morgan fingerprint density at radius 3 is 2.68 bits per heavy atom. The largest absolute Gasteiger partial charge is 0.461 e. The number of nitrogens with zero attached hydrogens (tertiary/aromatic N) is 3. The Balaban J connectivity index is 1.47. The van der Waals surface area contributed by atoms with Gasteiger partial charge in [0.1, 0.15) is 18.0 Å². The van der Waals surface area contributed by atoms with Gasteiger partial charge in [0, 0.05) is 55.9 Å². The minimum absolute atomic E-state index is 0.0533. The van der Waals surface area contributed by atoms with Crippen molar-refractivity contribution >= 4 is 22.6 Å². The van der Waals surface area contributed by atoms with Crippen LogP contribution in [0.5, 0.6) is 0 Å². The molecule has 0 amide bonds. The third kappa shape index (κ3) is 4.32. The monoisotopic (exact) mass is 473 g/mol. The molecule has 4 heterocycles. The summed E-state index contributed by atoms with van der Waals surface area (Å²) in [6.07, 6.45) is 3.86. The van der Waals surface area contributed by atoms with E-state index in [1.54, 1.807) is 6.20 Å². The highest BCUT2D eigenvalue weighted by Gasteiger charge is 2.30. The third-order valence-electron chi connectivity index (χ3n) is 7.37. The van der Waals surface area contributed by atoms with Gasteiger partial charge in [0.05, 0.1) is 30.5 Å². The number of aliphatic hydroxyl groups is 1. The summed E-state index contributed by atoms with van der Waals surface area (Å²) >= 11 is 0. The zero-order chi connectivity index (χ0) is 23.8. The van der Waals surface area contributed by atoms with Gasteiger partial charge >= 0.3 is 5.97 Å². The molecule has 0 bridgehead atoms. The van der Waals surface area contributed by atoms with Crippen LogP contribution in [0.1, 0.15) is 48.1 Å². The Morgan fingerprint density at radius 1 is 1.21 bits per heavy atom. The fourth-order valence-electron chi connectivity index (χ4n) is 5.38. The standard InChI is InChI=1S/C25H32FN3O5/c1-16-2-3-18-22-19(14-21(26)23(18)28-6-4-17(30)5-7-28)24(31)20(15-29(16)22)25(32)34-13-10-27-8-11-33-12-9-27/h14-17,30H,2-13H2,1H3. The molecular weight excluding hydrogens is 441 g/mol. The number of rotatable bonds is 5. The van der Waals surface area contributed by atoms with Gasteiger partial charge in [-0.3, -0.25) is 9.69 Å². The predicted molar refractivity (Wildman–Crippen MR) is 126 cm³/mol. The molecule has 8 nitrogen and oxygen atoms in total. The number of carbonyl (C=O) groups is 1. The van der Waals surface area contributed by atoms with Gasteiger partial charge in [-0.15, -0.1) is 0 Å². The second-order valence-corrected chi connectivity index (χ2v) is 9.56. The van der Waals surface area contributed by atoms with Crippen LogP contribution in [0.2, 0.25) is 0 Å². The van der Waals surface area contributed by atoms with Crippen LogP contribution in [0.3, 0.4) is 0 Å². The van der Waals surface area contributed by atoms with Gasteiger partial charge in [0.15, 0.2) is 0 Å². The van der Waals surface area contributed by atoms with Crippen LogP contribution in [0.4, 0.5) is 10.1 Å². The van der Waals surface area contributed by atoms with Crippen molar-refractivity contribution in [3.05, 3.63) is 39.4 Å². The highest BCUT2D eigenvalue weighted by atomic mass is 19.1. The van der Waals surface area contributed by atoms with Crippen molar-refractivity contribution in [2.75, 3.05) is 57.4 Å². The van der Waals surface area contributed by atoms with Gasteiger partial charge in [-0.05, 0) is 38.7 Å². The molecule has 3 aliphatic heterocycles. The van der Waals surface area contributed by atoms with Gasteiger partial charge in [0.25, 0.3) is 0 Å². The molecule has 1 atom stereocenters. The SMILES string of the molecule is CC1CCc2c(N3CCC(O)CC3)c(F)cc3c(=O)c(C(=O)OCCN4CCOCC4)cn1c23. The summed E-state index contributed by atoms with van der Waals surface area (Å²) in [7, 11) is 0. The van der Waals surface area contributed by atoms with E-state index in [2.05, 4.69) is 4.90 Å². The molecule has 1 aromatic carbocycles. The molecule has 1 aromatic heterocycles. The molecule has 2 aromatic rings. The lowest BCUT2D eigenvalue weighted by Gasteiger charge is -2.36. The highest BCUT2D eigenvalue weighted by molar-refractivity contribution is 5.96. The normalized spacial score (nSPS) is 21.7. The summed E-state index contributed by atoms with van der Waals surface area (Å²) in [4.78, 5) is 30.3. The zero-order valence-corrected chi connectivity index (χ0v) is 19.6. The maximum absolute atomic E-state index is 15.4. The average molecular weight is 474 g/mol. The van der Waals surface area contributed by atoms with Crippen molar-refractivity contribution in [2.45, 2.75) is 44.8 Å². The molecule has 34 heavy (non-hydrogen) atoms. The van der Waals surface area contributed by atoms with Gasteiger partial charge < -0.3 is 24.0 Å². The number of pyridine rings is 1. The number of carbonyl (C=O) groups excluding carboxylic acids is 1. The Kier molecular flexibility index (Phi) is 6.59. The number of esters is 1. The van der Waals surface area contributed by atoms with E-state index in [-0.39, 0.29) is 29.7 Å². The second-order valence-electron chi connectivity index (χ2n) is 9.56. The first-order chi connectivity index (χ1) is 16.4. The molecule has 0 saturated carbocycles. The Bertz CT molecular complexity index is 1140. The van der Waals surface area contributed by atoms with Gasteiger partial charge in [0.2, 0.25) is 5.43 Å². The Labute approximate surface area is 197 Å². The van der Waals surface area contributed by atoms with Crippen molar-refractivity contribution in [3.63, 3.8) is 0 Å². The van der Waals surface area contributed by atoms with Crippen molar-refractivity contribution in [1.29, 1.82) is 0 Å². The van der Waals surface area contributed by atoms with Crippen molar-refractivity contribution in [1.82, 2.24) is 9.47 Å². The molecule has 5 rings (SSSR count). The number of aliphatic hydroxyl groups excluding tert-OH is 1. The van der Waals surface area contributed by atoms with E-state index in [1.165, 1.54) is 6.07 Å². The molecule has 0 radical (unpaired) electrons. The highest BCUT2D eigenvalue weighted by Crippen LogP contribution is 2.38. The predicted octanol–water partition coefficient (Wildman–Crippen LogP) is 2.10. The quantitative estimate of drug-likeness (QED) is 0.666. The summed E-state index contributed by atoms with van der Waals surface area (Å²) in [5.41, 5.74) is 1.50. The second kappa shape index (κ2) is 9.64. The van der Waals surface area contributed by atoms with Crippen LogP contribution < -0.4 is 10.3 Å². The number of aromatic nitrogens is 1. The number of anilines is 1. The molecule has 2 fully saturated rings. The van der Waals surface area contributed by atoms with E-state index in [1.807, 2.05) is 16.4 Å². The topological polar surface area (TPSA) is 84.2 Å². The van der Waals surface area contributed by atoms with Crippen LogP contribution in [0.15, 0.2) is 17.1 Å². The van der Waals surface area contributed by atoms with E-state index in [0.29, 0.717) is 63.3 Å². The van der Waals surface area contributed by atoms with Crippen molar-refractivity contribution in [2.24, 2.45) is 0 Å². The van der Waals surface area contributed by atoms with Gasteiger partial charge in [-0.2, -0.15) is 0 Å². The van der Waals surface area contributed by atoms with E-state index >= 15 is 4.39 Å². The smallest absolute Gasteiger partial charge is 0.343 e. The fourth-order valence-corrected chi connectivity index (χ4v) is 5.38. The zero-order valence-electron chi connectivity index (χ0n) is 19.6. The van der Waals surface area contributed by atoms with Crippen LogP contribution in [0.25, 0.3) is 10.9 Å². The number of hydrogen-bond acceptors (Lipinski definition) is 7. The minimum atomic E-state index is -0.669. The van der Waals surface area contributed by atoms with Crippen molar-refractivity contribution in [3.8, 4) is 0 Å². The first-order valence-electron chi connectivity index (χ1n) is 12.2. The fraction of sp³-hybridized carbons (Fsp3) is 0.600. The number of ether oxygens (including phenoxy) is 2. The first-order valence-corrected chi connectivity index (χ1v) is 12.2. The minimum Gasteiger partial charge on any atom is -0.461 e. The van der Waals surface area contributed by atoms with Gasteiger partial charge in [-0.25, -0.2) is 9.18 Å². The lowest BCUT2D eigenvalue weighted by Crippen LogP contribution is -2.38. The van der Waals surface area contributed by atoms with Gasteiger partial charge in [-0.1, -0.05) is 0 Å². The maximum Gasteiger partial charge on any atom is 0.343 e. The van der Waals surface area contributed by atoms with Crippen LogP contribution >= 0.6 is 0 Å². The molecule has 2 saturated heterocycles.